The van der Waals surface area contributed by atoms with E-state index in [1.54, 1.807) is 0 Å². The molecule has 2 N–H and O–H groups in total. The molecule has 3 atom stereocenters. The third-order valence-corrected chi connectivity index (χ3v) is 4.39. The number of hydrogen-bond acceptors (Lipinski definition) is 3. The van der Waals surface area contributed by atoms with Gasteiger partial charge in [0.2, 0.25) is 5.91 Å². The van der Waals surface area contributed by atoms with Gasteiger partial charge >= 0.3 is 0 Å². The van der Waals surface area contributed by atoms with E-state index in [0.717, 1.165) is 51.9 Å². The lowest BCUT2D eigenvalue weighted by Crippen LogP contribution is -2.44. The van der Waals surface area contributed by atoms with Crippen molar-refractivity contribution in [3.8, 4) is 0 Å². The summed E-state index contributed by atoms with van der Waals surface area (Å²) in [6.07, 6.45) is 4.18. The van der Waals surface area contributed by atoms with E-state index in [1.165, 1.54) is 0 Å². The first-order valence-electron chi connectivity index (χ1n) is 8.32. The van der Waals surface area contributed by atoms with E-state index in [-0.39, 0.29) is 11.8 Å². The highest BCUT2D eigenvalue weighted by Crippen LogP contribution is 2.16. The van der Waals surface area contributed by atoms with Gasteiger partial charge in [-0.3, -0.25) is 4.79 Å². The third kappa shape index (κ3) is 6.23. The molecule has 0 aromatic rings. The summed E-state index contributed by atoms with van der Waals surface area (Å²) >= 11 is 0. The first-order valence-corrected chi connectivity index (χ1v) is 8.32. The van der Waals surface area contributed by atoms with Crippen molar-refractivity contribution in [3.05, 3.63) is 0 Å². The second-order valence-corrected chi connectivity index (χ2v) is 6.16. The molecule has 0 saturated carbocycles. The zero-order chi connectivity index (χ0) is 15.0. The largest absolute Gasteiger partial charge is 0.353 e. The molecule has 118 valence electrons. The molecule has 1 amide bonds. The zero-order valence-corrected chi connectivity index (χ0v) is 13.7. The van der Waals surface area contributed by atoms with E-state index in [1.807, 2.05) is 0 Å². The predicted molar refractivity (Wildman–Crippen MR) is 84.8 cm³/mol. The van der Waals surface area contributed by atoms with Crippen LogP contribution in [0.1, 0.15) is 53.4 Å². The van der Waals surface area contributed by atoms with Crippen molar-refractivity contribution in [2.24, 2.45) is 5.92 Å². The van der Waals surface area contributed by atoms with Gasteiger partial charge in [0.1, 0.15) is 0 Å². The summed E-state index contributed by atoms with van der Waals surface area (Å²) in [7, 11) is 0. The molecular formula is C16H33N3O. The molecule has 20 heavy (non-hydrogen) atoms. The van der Waals surface area contributed by atoms with Crippen molar-refractivity contribution in [2.75, 3.05) is 26.2 Å². The van der Waals surface area contributed by atoms with Crippen LogP contribution >= 0.6 is 0 Å². The Morgan fingerprint density at radius 1 is 1.40 bits per heavy atom. The highest BCUT2D eigenvalue weighted by atomic mass is 16.1. The van der Waals surface area contributed by atoms with Crippen LogP contribution in [0.4, 0.5) is 0 Å². The summed E-state index contributed by atoms with van der Waals surface area (Å²) in [5, 5.41) is 6.59. The molecule has 4 heteroatoms. The number of carbonyl (C=O) groups excluding carboxylic acids is 1. The van der Waals surface area contributed by atoms with Crippen LogP contribution in [0.25, 0.3) is 0 Å². The summed E-state index contributed by atoms with van der Waals surface area (Å²) in [5.41, 5.74) is 0. The minimum Gasteiger partial charge on any atom is -0.353 e. The van der Waals surface area contributed by atoms with Crippen molar-refractivity contribution < 1.29 is 4.79 Å². The van der Waals surface area contributed by atoms with E-state index in [4.69, 9.17) is 0 Å². The molecule has 0 spiro atoms. The minimum atomic E-state index is 0.205. The molecule has 1 saturated heterocycles. The number of piperidine rings is 1. The Hall–Kier alpha value is -0.610. The molecule has 1 unspecified atom stereocenters. The lowest BCUT2D eigenvalue weighted by atomic mass is 9.92. The molecule has 1 heterocycles. The van der Waals surface area contributed by atoms with Gasteiger partial charge in [-0.15, -0.1) is 0 Å². The van der Waals surface area contributed by atoms with Gasteiger partial charge in [0.05, 0.1) is 0 Å². The Morgan fingerprint density at radius 2 is 2.10 bits per heavy atom. The van der Waals surface area contributed by atoms with Crippen molar-refractivity contribution in [2.45, 2.75) is 65.5 Å². The fraction of sp³-hybridized carbons (Fsp3) is 0.938. The highest BCUT2D eigenvalue weighted by molar-refractivity contribution is 5.79. The van der Waals surface area contributed by atoms with Crippen LogP contribution < -0.4 is 10.6 Å². The topological polar surface area (TPSA) is 44.4 Å². The van der Waals surface area contributed by atoms with Crippen LogP contribution in [0, 0.1) is 5.92 Å². The molecule has 0 aromatic heterocycles. The van der Waals surface area contributed by atoms with Crippen LogP contribution in [0.3, 0.4) is 0 Å². The smallest absolute Gasteiger partial charge is 0.223 e. The molecule has 1 rings (SSSR count). The van der Waals surface area contributed by atoms with E-state index < -0.39 is 0 Å². The summed E-state index contributed by atoms with van der Waals surface area (Å²) < 4.78 is 0. The van der Waals surface area contributed by atoms with Gasteiger partial charge in [0, 0.05) is 18.0 Å². The van der Waals surface area contributed by atoms with Gasteiger partial charge < -0.3 is 15.5 Å². The fourth-order valence-electron chi connectivity index (χ4n) is 2.96. The summed E-state index contributed by atoms with van der Waals surface area (Å²) in [6.45, 7) is 13.0. The number of nitrogens with one attached hydrogen (secondary N) is 2. The van der Waals surface area contributed by atoms with Crippen LogP contribution in [0.5, 0.6) is 0 Å². The Bertz CT molecular complexity index is 279. The molecule has 1 fully saturated rings. The van der Waals surface area contributed by atoms with Crippen molar-refractivity contribution in [1.29, 1.82) is 0 Å². The second-order valence-electron chi connectivity index (χ2n) is 6.16. The van der Waals surface area contributed by atoms with E-state index >= 15 is 0 Å². The zero-order valence-electron chi connectivity index (χ0n) is 13.7. The van der Waals surface area contributed by atoms with Gasteiger partial charge in [0.25, 0.3) is 0 Å². The van der Waals surface area contributed by atoms with Crippen LogP contribution in [-0.2, 0) is 4.79 Å². The van der Waals surface area contributed by atoms with Gasteiger partial charge in [-0.05, 0) is 65.7 Å². The molecule has 0 aliphatic carbocycles. The second kappa shape index (κ2) is 9.35. The maximum Gasteiger partial charge on any atom is 0.223 e. The number of rotatable bonds is 8. The third-order valence-electron chi connectivity index (χ3n) is 4.39. The first kappa shape index (κ1) is 17.4. The molecule has 0 radical (unpaired) electrons. The lowest BCUT2D eigenvalue weighted by Gasteiger charge is -2.28. The molecule has 1 aliphatic heterocycles. The van der Waals surface area contributed by atoms with Crippen molar-refractivity contribution in [1.82, 2.24) is 15.5 Å². The van der Waals surface area contributed by atoms with E-state index in [9.17, 15) is 4.79 Å². The summed E-state index contributed by atoms with van der Waals surface area (Å²) in [6, 6.07) is 0.765. The monoisotopic (exact) mass is 283 g/mol. The fourth-order valence-corrected chi connectivity index (χ4v) is 2.96. The number of amides is 1. The maximum absolute atomic E-state index is 12.2. The summed E-state index contributed by atoms with van der Waals surface area (Å²) in [4.78, 5) is 14.6. The van der Waals surface area contributed by atoms with Gasteiger partial charge in [-0.25, -0.2) is 0 Å². The Balaban J connectivity index is 2.20. The van der Waals surface area contributed by atoms with E-state index in [2.05, 4.69) is 43.2 Å². The highest BCUT2D eigenvalue weighted by Gasteiger charge is 2.25. The number of carbonyl (C=O) groups is 1. The van der Waals surface area contributed by atoms with Crippen LogP contribution in [-0.4, -0.2) is 49.1 Å². The van der Waals surface area contributed by atoms with Gasteiger partial charge in [-0.2, -0.15) is 0 Å². The molecular weight excluding hydrogens is 250 g/mol. The van der Waals surface area contributed by atoms with E-state index in [0.29, 0.717) is 12.1 Å². The predicted octanol–water partition coefficient (Wildman–Crippen LogP) is 2.00. The SMILES string of the molecule is CCN(CC)CCCC(C)NC(=O)[C@H]1CCN[C@@H](C)C1. The Labute approximate surface area is 124 Å². The van der Waals surface area contributed by atoms with Crippen molar-refractivity contribution >= 4 is 5.91 Å². The van der Waals surface area contributed by atoms with Gasteiger partial charge in [0.15, 0.2) is 0 Å². The summed E-state index contributed by atoms with van der Waals surface area (Å²) in [5.74, 6) is 0.463. The average Bonchev–Trinajstić information content (AvgIpc) is 2.43. The van der Waals surface area contributed by atoms with Crippen LogP contribution in [0.2, 0.25) is 0 Å². The Kier molecular flexibility index (Phi) is 8.15. The molecule has 0 bridgehead atoms. The normalized spacial score (nSPS) is 24.6. The molecule has 1 aliphatic rings. The maximum atomic E-state index is 12.2. The first-order chi connectivity index (χ1) is 9.56. The number of hydrogen-bond donors (Lipinski definition) is 2. The Morgan fingerprint density at radius 3 is 2.70 bits per heavy atom. The standard InChI is InChI=1S/C16H33N3O/c1-5-19(6-2)11-7-8-13(3)18-16(20)15-9-10-17-14(4)12-15/h13-15,17H,5-12H2,1-4H3,(H,18,20)/t13?,14-,15-/m0/s1. The lowest BCUT2D eigenvalue weighted by molar-refractivity contribution is -0.126. The molecule has 4 nitrogen and oxygen atoms in total. The quantitative estimate of drug-likeness (QED) is 0.716. The number of nitrogens with zero attached hydrogens (tertiary/aromatic N) is 1. The minimum absolute atomic E-state index is 0.205. The van der Waals surface area contributed by atoms with Crippen molar-refractivity contribution in [3.63, 3.8) is 0 Å². The molecule has 0 aromatic carbocycles. The van der Waals surface area contributed by atoms with Crippen LogP contribution in [0.15, 0.2) is 0 Å². The average molecular weight is 283 g/mol. The van der Waals surface area contributed by atoms with Gasteiger partial charge in [-0.1, -0.05) is 13.8 Å².